The molecule has 114 valence electrons. The molecular formula is C18H19NO2S. The molecule has 3 nitrogen and oxygen atoms in total. The highest BCUT2D eigenvalue weighted by Crippen LogP contribution is 2.36. The Bertz CT molecular complexity index is 895. The predicted octanol–water partition coefficient (Wildman–Crippen LogP) is 4.11. The molecular weight excluding hydrogens is 294 g/mol. The Morgan fingerprint density at radius 1 is 1.05 bits per heavy atom. The van der Waals surface area contributed by atoms with Crippen LogP contribution in [-0.4, -0.2) is 19.7 Å². The first-order valence-corrected chi connectivity index (χ1v) is 9.26. The summed E-state index contributed by atoms with van der Waals surface area (Å²) in [6, 6.07) is 15.6. The second-order valence-corrected chi connectivity index (χ2v) is 7.55. The third kappa shape index (κ3) is 2.55. The van der Waals surface area contributed by atoms with Crippen LogP contribution in [0.2, 0.25) is 0 Å². The van der Waals surface area contributed by atoms with E-state index in [-0.39, 0.29) is 5.92 Å². The highest BCUT2D eigenvalue weighted by molar-refractivity contribution is 7.91. The average Bonchev–Trinajstić information content (AvgIpc) is 2.92. The number of fused-ring (bicyclic) bond motifs is 1. The molecule has 1 unspecified atom stereocenters. The number of nitrogens with one attached hydrogen (secondary N) is 1. The van der Waals surface area contributed by atoms with E-state index in [1.807, 2.05) is 30.5 Å². The maximum atomic E-state index is 12.1. The van der Waals surface area contributed by atoms with Crippen molar-refractivity contribution in [3.63, 3.8) is 0 Å². The van der Waals surface area contributed by atoms with Crippen molar-refractivity contribution in [3.05, 3.63) is 65.9 Å². The highest BCUT2D eigenvalue weighted by atomic mass is 32.2. The fourth-order valence-electron chi connectivity index (χ4n) is 3.08. The maximum absolute atomic E-state index is 12.1. The number of rotatable bonds is 4. The molecule has 0 aliphatic rings. The largest absolute Gasteiger partial charge is 0.361 e. The molecule has 1 N–H and O–H groups in total. The summed E-state index contributed by atoms with van der Waals surface area (Å²) in [5.74, 6) is 0.179. The summed E-state index contributed by atoms with van der Waals surface area (Å²) in [5.41, 5.74) is 3.12. The van der Waals surface area contributed by atoms with Crippen molar-refractivity contribution in [3.8, 4) is 0 Å². The maximum Gasteiger partial charge on any atom is 0.176 e. The minimum Gasteiger partial charge on any atom is -0.361 e. The summed E-state index contributed by atoms with van der Waals surface area (Å²) in [6.07, 6.45) is 4.12. The molecule has 0 saturated carbocycles. The van der Waals surface area contributed by atoms with Gasteiger partial charge in [0.25, 0.3) is 0 Å². The summed E-state index contributed by atoms with van der Waals surface area (Å²) in [5, 5.41) is 0.820. The van der Waals surface area contributed by atoms with Gasteiger partial charge in [0.05, 0.1) is 4.90 Å². The lowest BCUT2D eigenvalue weighted by molar-refractivity contribution is 0.602. The van der Waals surface area contributed by atoms with Gasteiger partial charge in [0, 0.05) is 29.3 Å². The van der Waals surface area contributed by atoms with Gasteiger partial charge in [0.15, 0.2) is 9.84 Å². The van der Waals surface area contributed by atoms with Gasteiger partial charge in [-0.25, -0.2) is 8.42 Å². The topological polar surface area (TPSA) is 49.9 Å². The molecule has 0 bridgehead atoms. The first-order valence-electron chi connectivity index (χ1n) is 7.37. The Kier molecular flexibility index (Phi) is 3.79. The second kappa shape index (κ2) is 5.61. The van der Waals surface area contributed by atoms with Crippen molar-refractivity contribution >= 4 is 20.7 Å². The molecule has 1 aromatic heterocycles. The Balaban J connectivity index is 2.27. The molecule has 0 aliphatic carbocycles. The van der Waals surface area contributed by atoms with Gasteiger partial charge in [0.2, 0.25) is 0 Å². The first kappa shape index (κ1) is 14.9. The van der Waals surface area contributed by atoms with E-state index in [9.17, 15) is 8.42 Å². The Labute approximate surface area is 130 Å². The molecule has 0 amide bonds. The van der Waals surface area contributed by atoms with Crippen molar-refractivity contribution in [1.82, 2.24) is 4.98 Å². The Hall–Kier alpha value is -2.07. The molecule has 0 fully saturated rings. The summed E-state index contributed by atoms with van der Waals surface area (Å²) in [6.45, 7) is 2.12. The average molecular weight is 313 g/mol. The van der Waals surface area contributed by atoms with Gasteiger partial charge < -0.3 is 4.98 Å². The molecule has 4 heteroatoms. The van der Waals surface area contributed by atoms with Crippen LogP contribution >= 0.6 is 0 Å². The highest BCUT2D eigenvalue weighted by Gasteiger charge is 2.21. The van der Waals surface area contributed by atoms with Gasteiger partial charge in [-0.3, -0.25) is 0 Å². The number of hydrogen-bond donors (Lipinski definition) is 1. The minimum absolute atomic E-state index is 0.179. The van der Waals surface area contributed by atoms with Gasteiger partial charge in [-0.15, -0.1) is 0 Å². The van der Waals surface area contributed by atoms with Gasteiger partial charge in [-0.05, 0) is 29.7 Å². The molecule has 0 aliphatic heterocycles. The molecule has 1 heterocycles. The predicted molar refractivity (Wildman–Crippen MR) is 90.0 cm³/mol. The Morgan fingerprint density at radius 3 is 2.41 bits per heavy atom. The molecule has 3 rings (SSSR count). The van der Waals surface area contributed by atoms with E-state index >= 15 is 0 Å². The fourth-order valence-corrected chi connectivity index (χ4v) is 4.01. The third-order valence-corrected chi connectivity index (χ3v) is 5.22. The van der Waals surface area contributed by atoms with Crippen LogP contribution < -0.4 is 0 Å². The van der Waals surface area contributed by atoms with Crippen molar-refractivity contribution in [2.75, 3.05) is 6.26 Å². The summed E-state index contributed by atoms with van der Waals surface area (Å²) >= 11 is 0. The molecule has 22 heavy (non-hydrogen) atoms. The van der Waals surface area contributed by atoms with Crippen LogP contribution in [-0.2, 0) is 9.84 Å². The van der Waals surface area contributed by atoms with Crippen LogP contribution in [0.5, 0.6) is 0 Å². The SMILES string of the molecule is CCC(c1ccccc1)c1c[nH]c2cccc(S(C)(=O)=O)c12. The quantitative estimate of drug-likeness (QED) is 0.788. The van der Waals surface area contributed by atoms with E-state index in [1.165, 1.54) is 11.8 Å². The van der Waals surface area contributed by atoms with Crippen molar-refractivity contribution in [1.29, 1.82) is 0 Å². The van der Waals surface area contributed by atoms with Crippen LogP contribution in [0.1, 0.15) is 30.4 Å². The minimum atomic E-state index is -3.27. The van der Waals surface area contributed by atoms with Crippen molar-refractivity contribution in [2.45, 2.75) is 24.2 Å². The lowest BCUT2D eigenvalue weighted by Crippen LogP contribution is -2.02. The van der Waals surface area contributed by atoms with Crippen molar-refractivity contribution in [2.24, 2.45) is 0 Å². The van der Waals surface area contributed by atoms with Gasteiger partial charge >= 0.3 is 0 Å². The van der Waals surface area contributed by atoms with Crippen LogP contribution in [0.25, 0.3) is 10.9 Å². The number of aromatic amines is 1. The van der Waals surface area contributed by atoms with Crippen molar-refractivity contribution < 1.29 is 8.42 Å². The number of sulfone groups is 1. The van der Waals surface area contributed by atoms with Gasteiger partial charge in [-0.1, -0.05) is 43.3 Å². The van der Waals surface area contributed by atoms with Gasteiger partial charge in [-0.2, -0.15) is 0 Å². The van der Waals surface area contributed by atoms with Crippen LogP contribution in [0.15, 0.2) is 59.6 Å². The first-order chi connectivity index (χ1) is 10.5. The van der Waals surface area contributed by atoms with Gasteiger partial charge in [0.1, 0.15) is 0 Å². The van der Waals surface area contributed by atoms with Crippen LogP contribution in [0, 0.1) is 0 Å². The molecule has 0 spiro atoms. The number of benzene rings is 2. The lowest BCUT2D eigenvalue weighted by atomic mass is 9.89. The number of hydrogen-bond acceptors (Lipinski definition) is 2. The van der Waals surface area contributed by atoms with E-state index < -0.39 is 9.84 Å². The zero-order chi connectivity index (χ0) is 15.7. The second-order valence-electron chi connectivity index (χ2n) is 5.57. The van der Waals surface area contributed by atoms with E-state index in [0.29, 0.717) is 4.90 Å². The summed E-state index contributed by atoms with van der Waals surface area (Å²) < 4.78 is 24.3. The molecule has 3 aromatic rings. The monoisotopic (exact) mass is 313 g/mol. The molecule has 2 aromatic carbocycles. The van der Waals surface area contributed by atoms with E-state index in [0.717, 1.165) is 22.9 Å². The normalized spacial score (nSPS) is 13.4. The summed E-state index contributed by atoms with van der Waals surface area (Å²) in [7, 11) is -3.27. The zero-order valence-corrected chi connectivity index (χ0v) is 13.5. The van der Waals surface area contributed by atoms with Crippen LogP contribution in [0.4, 0.5) is 0 Å². The lowest BCUT2D eigenvalue weighted by Gasteiger charge is -2.16. The summed E-state index contributed by atoms with van der Waals surface area (Å²) in [4.78, 5) is 3.62. The van der Waals surface area contributed by atoms with E-state index in [2.05, 4.69) is 24.0 Å². The van der Waals surface area contributed by atoms with Crippen LogP contribution in [0.3, 0.4) is 0 Å². The Morgan fingerprint density at radius 2 is 1.77 bits per heavy atom. The standard InChI is InChI=1S/C18H19NO2S/c1-3-14(13-8-5-4-6-9-13)15-12-19-16-10-7-11-17(18(15)16)22(2,20)21/h4-12,14,19H,3H2,1-2H3. The van der Waals surface area contributed by atoms with E-state index in [1.54, 1.807) is 12.1 Å². The number of aromatic nitrogens is 1. The van der Waals surface area contributed by atoms with E-state index in [4.69, 9.17) is 0 Å². The smallest absolute Gasteiger partial charge is 0.176 e. The molecule has 1 atom stereocenters. The number of H-pyrrole nitrogens is 1. The third-order valence-electron chi connectivity index (χ3n) is 4.08. The zero-order valence-electron chi connectivity index (χ0n) is 12.7. The molecule has 0 radical (unpaired) electrons. The fraction of sp³-hybridized carbons (Fsp3) is 0.222. The molecule has 0 saturated heterocycles.